The van der Waals surface area contributed by atoms with Gasteiger partial charge in [0.25, 0.3) is 0 Å². The molecule has 4 rings (SSSR count). The molecule has 3 aromatic rings. The maximum absolute atomic E-state index is 15.0. The molecule has 0 radical (unpaired) electrons. The van der Waals surface area contributed by atoms with Crippen LogP contribution in [-0.4, -0.2) is 61.2 Å². The van der Waals surface area contributed by atoms with E-state index < -0.39 is 62.5 Å². The number of β-lactam (4-membered cyclic amide) rings is 1. The smallest absolute Gasteiger partial charge is 0.356 e. The van der Waals surface area contributed by atoms with Gasteiger partial charge in [-0.25, -0.2) is 4.79 Å². The van der Waals surface area contributed by atoms with Gasteiger partial charge in [0.15, 0.2) is 8.32 Å². The van der Waals surface area contributed by atoms with Crippen LogP contribution in [0, 0.1) is 17.3 Å². The number of esters is 3. The minimum atomic E-state index is -3.24. The van der Waals surface area contributed by atoms with Crippen LogP contribution in [0.5, 0.6) is 0 Å². The lowest BCUT2D eigenvalue weighted by molar-refractivity contribution is -0.175. The summed E-state index contributed by atoms with van der Waals surface area (Å²) >= 11 is 0. The molecule has 278 valence electrons. The number of hydrogen-bond donors (Lipinski definition) is 0. The Labute approximate surface area is 310 Å². The molecule has 0 saturated carbocycles. The Kier molecular flexibility index (Phi) is 12.5. The third-order valence-corrected chi connectivity index (χ3v) is 19.0. The van der Waals surface area contributed by atoms with Crippen LogP contribution in [0.4, 0.5) is 0 Å². The molecule has 0 spiro atoms. The van der Waals surface area contributed by atoms with Crippen LogP contribution < -0.4 is 15.9 Å². The summed E-state index contributed by atoms with van der Waals surface area (Å²) in [6.07, 6.45) is 0.862. The second-order valence-corrected chi connectivity index (χ2v) is 24.0. The molecular weight excluding hydrogens is 690 g/mol. The average Bonchev–Trinajstić information content (AvgIpc) is 3.09. The topological polar surface area (TPSA) is 99.2 Å². The quantitative estimate of drug-likeness (QED) is 0.0501. The summed E-state index contributed by atoms with van der Waals surface area (Å²) in [5.74, 6) is -4.38. The van der Waals surface area contributed by atoms with Crippen LogP contribution in [-0.2, 0) is 33.1 Å². The highest BCUT2D eigenvalue weighted by atomic mass is 31.2. The van der Waals surface area contributed by atoms with Crippen molar-refractivity contribution in [1.29, 1.82) is 0 Å². The maximum Gasteiger partial charge on any atom is 0.356 e. The Hall–Kier alpha value is -4.04. The van der Waals surface area contributed by atoms with E-state index >= 15 is 4.79 Å². The molecule has 0 aliphatic carbocycles. The minimum Gasteiger partial charge on any atom is -0.457 e. The van der Waals surface area contributed by atoms with E-state index in [4.69, 9.17) is 13.9 Å². The molecule has 8 nitrogen and oxygen atoms in total. The Morgan fingerprint density at radius 2 is 1.27 bits per heavy atom. The summed E-state index contributed by atoms with van der Waals surface area (Å²) in [5, 5.41) is 2.29. The van der Waals surface area contributed by atoms with Crippen LogP contribution in [0.2, 0.25) is 18.1 Å². The number of benzene rings is 3. The predicted molar refractivity (Wildman–Crippen MR) is 213 cm³/mol. The van der Waals surface area contributed by atoms with Crippen LogP contribution in [0.3, 0.4) is 0 Å². The van der Waals surface area contributed by atoms with Gasteiger partial charge in [0.1, 0.15) is 12.0 Å². The molecule has 0 unspecified atom stereocenters. The third kappa shape index (κ3) is 7.97. The van der Waals surface area contributed by atoms with Gasteiger partial charge >= 0.3 is 17.9 Å². The zero-order valence-electron chi connectivity index (χ0n) is 32.2. The van der Waals surface area contributed by atoms with Gasteiger partial charge in [-0.2, -0.15) is 0 Å². The number of rotatable bonds is 12. The van der Waals surface area contributed by atoms with Crippen molar-refractivity contribution in [2.24, 2.45) is 17.3 Å². The molecular formula is C42H54NO7PSi. The first kappa shape index (κ1) is 40.7. The lowest BCUT2D eigenvalue weighted by atomic mass is 9.76. The van der Waals surface area contributed by atoms with Gasteiger partial charge in [-0.15, -0.1) is 0 Å². The molecule has 0 aromatic heterocycles. The fourth-order valence-corrected chi connectivity index (χ4v) is 12.2. The van der Waals surface area contributed by atoms with Gasteiger partial charge < -0.3 is 18.8 Å². The summed E-state index contributed by atoms with van der Waals surface area (Å²) in [7, 11) is -2.41. The van der Waals surface area contributed by atoms with Gasteiger partial charge in [0.2, 0.25) is 5.91 Å². The Morgan fingerprint density at radius 1 is 0.827 bits per heavy atom. The number of carbonyl (C=O) groups is 4. The first-order valence-electron chi connectivity index (χ1n) is 17.8. The van der Waals surface area contributed by atoms with Gasteiger partial charge in [0, 0.05) is 6.89 Å². The zero-order chi connectivity index (χ0) is 38.6. The predicted octanol–water partition coefficient (Wildman–Crippen LogP) is 6.83. The van der Waals surface area contributed by atoms with Gasteiger partial charge in [-0.1, -0.05) is 124 Å². The molecule has 52 heavy (non-hydrogen) atoms. The van der Waals surface area contributed by atoms with Crippen molar-refractivity contribution in [2.75, 3.05) is 6.61 Å². The first-order valence-corrected chi connectivity index (χ1v) is 22.5. The minimum absolute atomic E-state index is 0.0978. The van der Waals surface area contributed by atoms with Crippen molar-refractivity contribution < 1.29 is 33.1 Å². The van der Waals surface area contributed by atoms with E-state index in [1.165, 1.54) is 11.0 Å². The molecule has 1 fully saturated rings. The van der Waals surface area contributed by atoms with Crippen LogP contribution in [0.25, 0.3) is 0 Å². The number of amides is 1. The fraction of sp³-hybridized carbons (Fsp3) is 0.405. The summed E-state index contributed by atoms with van der Waals surface area (Å²) < 4.78 is 18.2. The number of ether oxygens (including phenoxy) is 2. The lowest BCUT2D eigenvalue weighted by Crippen LogP contribution is -2.71. The molecule has 1 aliphatic rings. The highest BCUT2D eigenvalue weighted by Crippen LogP contribution is 2.51. The van der Waals surface area contributed by atoms with Crippen molar-refractivity contribution in [3.05, 3.63) is 104 Å². The van der Waals surface area contributed by atoms with Crippen molar-refractivity contribution >= 4 is 60.3 Å². The molecule has 10 heteroatoms. The normalized spacial score (nSPS) is 17.7. The van der Waals surface area contributed by atoms with E-state index in [0.29, 0.717) is 0 Å². The van der Waals surface area contributed by atoms with E-state index in [1.54, 1.807) is 27.7 Å². The molecule has 0 bridgehead atoms. The number of likely N-dealkylation sites (tertiary alicyclic amines) is 1. The molecule has 0 N–H and O–H groups in total. The first-order chi connectivity index (χ1) is 24.3. The zero-order valence-corrected chi connectivity index (χ0v) is 34.1. The second kappa shape index (κ2) is 15.9. The second-order valence-electron chi connectivity index (χ2n) is 15.9. The molecule has 4 atom stereocenters. The van der Waals surface area contributed by atoms with Crippen LogP contribution in [0.1, 0.15) is 55.4 Å². The van der Waals surface area contributed by atoms with E-state index in [-0.39, 0.29) is 23.0 Å². The molecule has 1 amide bonds. The number of carbonyl (C=O) groups excluding carboxylic acids is 4. The number of hydrogen-bond acceptors (Lipinski definition) is 7. The highest BCUT2D eigenvalue weighted by molar-refractivity contribution is 7.96. The fourth-order valence-electron chi connectivity index (χ4n) is 6.35. The Bertz CT molecular complexity index is 1730. The molecule has 1 heterocycles. The summed E-state index contributed by atoms with van der Waals surface area (Å²) in [6, 6.07) is 28.1. The highest BCUT2D eigenvalue weighted by Gasteiger charge is 2.60. The Morgan fingerprint density at radius 3 is 1.65 bits per heavy atom. The summed E-state index contributed by atoms with van der Waals surface area (Å²) in [4.78, 5) is 58.4. The van der Waals surface area contributed by atoms with E-state index in [0.717, 1.165) is 15.9 Å². The lowest BCUT2D eigenvalue weighted by Gasteiger charge is -2.54. The molecule has 1 aliphatic heterocycles. The van der Waals surface area contributed by atoms with E-state index in [2.05, 4.69) is 40.4 Å². The van der Waals surface area contributed by atoms with Crippen LogP contribution in [0.15, 0.2) is 104 Å². The Balaban J connectivity index is 2.13. The maximum atomic E-state index is 15.0. The van der Waals surface area contributed by atoms with Crippen molar-refractivity contribution in [1.82, 2.24) is 4.90 Å². The SMILES string of the molecule is C=CCOC(=O)C(N1C(=O)[C@H]([C@H](C)O[Si](C)(C)C(C)(C)C)[C@H]1[C@@H](C)C(=O)OC(=O)C(C)(C)C)=P(c1ccccc1)(c1ccccc1)c1ccccc1. The van der Waals surface area contributed by atoms with Gasteiger partial charge in [-0.3, -0.25) is 14.4 Å². The molecule has 1 saturated heterocycles. The van der Waals surface area contributed by atoms with E-state index in [9.17, 15) is 14.4 Å². The van der Waals surface area contributed by atoms with Crippen molar-refractivity contribution in [3.63, 3.8) is 0 Å². The largest absolute Gasteiger partial charge is 0.457 e. The average molecular weight is 744 g/mol. The van der Waals surface area contributed by atoms with Crippen molar-refractivity contribution in [2.45, 2.75) is 85.7 Å². The van der Waals surface area contributed by atoms with Crippen molar-refractivity contribution in [3.8, 4) is 0 Å². The number of nitrogens with zero attached hydrogens (tertiary/aromatic N) is 1. The van der Waals surface area contributed by atoms with Gasteiger partial charge in [0.05, 0.1) is 29.4 Å². The summed E-state index contributed by atoms with van der Waals surface area (Å²) in [6.45, 7) is 19.5. The molecule has 3 aromatic carbocycles. The van der Waals surface area contributed by atoms with Crippen LogP contribution >= 0.6 is 6.89 Å². The monoisotopic (exact) mass is 743 g/mol. The van der Waals surface area contributed by atoms with E-state index in [1.807, 2.05) is 97.9 Å². The van der Waals surface area contributed by atoms with Gasteiger partial charge in [-0.05, 0) is 68.7 Å². The standard InChI is InChI=1S/C42H54NO7PSi/c1-12-28-48-39(46)37(51(31-22-16-13-17-23-31,32-24-18-14-19-25-32)33-26-20-15-21-27-33)43-35(29(2)38(45)49-40(47)41(4,5)6)34(36(43)44)30(3)50-52(10,11)42(7,8)9/h12-27,29-30,34-35H,1,28H2,2-11H3/t29-,30+,34-,35-/m1/s1. The third-order valence-electron chi connectivity index (χ3n) is 10.2. The summed E-state index contributed by atoms with van der Waals surface area (Å²) in [5.41, 5.74) is -0.811.